The van der Waals surface area contributed by atoms with Crippen molar-refractivity contribution in [3.05, 3.63) is 28.2 Å². The summed E-state index contributed by atoms with van der Waals surface area (Å²) in [6.45, 7) is -0.506. The molecule has 5 nitrogen and oxygen atoms in total. The van der Waals surface area contributed by atoms with Crippen molar-refractivity contribution in [2.45, 2.75) is 6.73 Å². The van der Waals surface area contributed by atoms with Crippen molar-refractivity contribution in [3.8, 4) is 6.07 Å². The van der Waals surface area contributed by atoms with Crippen LogP contribution in [0, 0.1) is 11.3 Å². The number of nitriles is 1. The average molecular weight is 151 g/mol. The van der Waals surface area contributed by atoms with Gasteiger partial charge >= 0.3 is 0 Å². The molecule has 0 aliphatic carbocycles. The highest BCUT2D eigenvalue weighted by molar-refractivity contribution is 5.22. The van der Waals surface area contributed by atoms with Gasteiger partial charge in [-0.15, -0.1) is 0 Å². The maximum atomic E-state index is 10.9. The van der Waals surface area contributed by atoms with Crippen LogP contribution in [0.4, 0.5) is 0 Å². The van der Waals surface area contributed by atoms with Crippen LogP contribution < -0.4 is 5.56 Å². The lowest BCUT2D eigenvalue weighted by molar-refractivity contribution is 0.188. The third-order valence-electron chi connectivity index (χ3n) is 1.17. The Balaban J connectivity index is 3.36. The molecule has 5 heteroatoms. The van der Waals surface area contributed by atoms with E-state index in [1.165, 1.54) is 12.3 Å². The lowest BCUT2D eigenvalue weighted by Gasteiger charge is -1.96. The van der Waals surface area contributed by atoms with Gasteiger partial charge in [0.25, 0.3) is 5.56 Å². The van der Waals surface area contributed by atoms with Crippen LogP contribution in [0.2, 0.25) is 0 Å². The van der Waals surface area contributed by atoms with Crippen LogP contribution in [0.15, 0.2) is 17.1 Å². The predicted octanol–water partition coefficient (Wildman–Crippen LogP) is -0.935. The Bertz CT molecular complexity index is 350. The number of hydrogen-bond acceptors (Lipinski definition) is 4. The zero-order valence-electron chi connectivity index (χ0n) is 5.56. The topological polar surface area (TPSA) is 78.9 Å². The molecule has 1 N–H and O–H groups in total. The van der Waals surface area contributed by atoms with Crippen molar-refractivity contribution in [1.82, 2.24) is 9.78 Å². The zero-order chi connectivity index (χ0) is 8.27. The Morgan fingerprint density at radius 1 is 1.82 bits per heavy atom. The predicted molar refractivity (Wildman–Crippen MR) is 35.4 cm³/mol. The van der Waals surface area contributed by atoms with Gasteiger partial charge in [-0.2, -0.15) is 10.4 Å². The highest BCUT2D eigenvalue weighted by Crippen LogP contribution is 1.83. The maximum absolute atomic E-state index is 10.9. The molecule has 0 bridgehead atoms. The second-order valence-corrected chi connectivity index (χ2v) is 1.80. The molecule has 0 aliphatic heterocycles. The first-order chi connectivity index (χ1) is 5.29. The monoisotopic (exact) mass is 151 g/mol. The highest BCUT2D eigenvalue weighted by Gasteiger charge is 1.99. The Kier molecular flexibility index (Phi) is 1.99. The number of aliphatic hydroxyl groups is 1. The molecule has 0 aliphatic rings. The molecule has 0 saturated carbocycles. The molecular formula is C6H5N3O2. The molecule has 1 aromatic rings. The number of nitrogens with zero attached hydrogens (tertiary/aromatic N) is 3. The van der Waals surface area contributed by atoms with Gasteiger partial charge in [0.2, 0.25) is 0 Å². The fraction of sp³-hybridized carbons (Fsp3) is 0.167. The molecule has 0 amide bonds. The van der Waals surface area contributed by atoms with E-state index >= 15 is 0 Å². The van der Waals surface area contributed by atoms with Gasteiger partial charge in [-0.25, -0.2) is 4.68 Å². The molecule has 11 heavy (non-hydrogen) atoms. The van der Waals surface area contributed by atoms with Crippen molar-refractivity contribution in [3.63, 3.8) is 0 Å². The van der Waals surface area contributed by atoms with Gasteiger partial charge < -0.3 is 5.11 Å². The van der Waals surface area contributed by atoms with Gasteiger partial charge in [0.15, 0.2) is 0 Å². The van der Waals surface area contributed by atoms with E-state index in [1.807, 2.05) is 0 Å². The summed E-state index contributed by atoms with van der Waals surface area (Å²) in [5.74, 6) is 0. The van der Waals surface area contributed by atoms with Crippen LogP contribution in [0.5, 0.6) is 0 Å². The maximum Gasteiger partial charge on any atom is 0.286 e. The van der Waals surface area contributed by atoms with Gasteiger partial charge in [0.05, 0.1) is 0 Å². The smallest absolute Gasteiger partial charge is 0.286 e. The van der Waals surface area contributed by atoms with Gasteiger partial charge in [-0.1, -0.05) is 0 Å². The van der Waals surface area contributed by atoms with Crippen LogP contribution in [0.25, 0.3) is 0 Å². The summed E-state index contributed by atoms with van der Waals surface area (Å²) in [6.07, 6.45) is 1.29. The molecule has 1 heterocycles. The van der Waals surface area contributed by atoms with Crippen molar-refractivity contribution < 1.29 is 5.11 Å². The Morgan fingerprint density at radius 2 is 2.55 bits per heavy atom. The minimum absolute atomic E-state index is 0.0194. The first-order valence-corrected chi connectivity index (χ1v) is 2.86. The lowest BCUT2D eigenvalue weighted by atomic mass is 10.3. The minimum Gasteiger partial charge on any atom is -0.374 e. The summed E-state index contributed by atoms with van der Waals surface area (Å²) in [7, 11) is 0. The van der Waals surface area contributed by atoms with Crippen LogP contribution in [0.1, 0.15) is 5.56 Å². The van der Waals surface area contributed by atoms with Crippen LogP contribution >= 0.6 is 0 Å². The summed E-state index contributed by atoms with van der Waals surface area (Å²) in [5.41, 5.74) is -0.591. The van der Waals surface area contributed by atoms with Crippen molar-refractivity contribution in [1.29, 1.82) is 5.26 Å². The Morgan fingerprint density at radius 3 is 3.09 bits per heavy atom. The highest BCUT2D eigenvalue weighted by atomic mass is 16.3. The van der Waals surface area contributed by atoms with E-state index < -0.39 is 12.3 Å². The van der Waals surface area contributed by atoms with Gasteiger partial charge in [0, 0.05) is 6.20 Å². The van der Waals surface area contributed by atoms with E-state index in [0.717, 1.165) is 4.68 Å². The number of aromatic nitrogens is 2. The summed E-state index contributed by atoms with van der Waals surface area (Å²) < 4.78 is 0.804. The van der Waals surface area contributed by atoms with E-state index in [0.29, 0.717) is 0 Å². The SMILES string of the molecule is N#Cc1ccnn(CO)c1=O. The molecule has 0 atom stereocenters. The van der Waals surface area contributed by atoms with E-state index in [9.17, 15) is 4.79 Å². The molecule has 56 valence electrons. The summed E-state index contributed by atoms with van der Waals surface area (Å²) in [4.78, 5) is 10.9. The molecule has 1 aromatic heterocycles. The Labute approximate surface area is 62.1 Å². The number of aliphatic hydroxyl groups excluding tert-OH is 1. The third kappa shape index (κ3) is 1.25. The second-order valence-electron chi connectivity index (χ2n) is 1.80. The quantitative estimate of drug-likeness (QED) is 0.562. The molecule has 0 saturated heterocycles. The molecule has 0 spiro atoms. The van der Waals surface area contributed by atoms with Gasteiger partial charge in [-0.3, -0.25) is 4.79 Å². The van der Waals surface area contributed by atoms with E-state index in [4.69, 9.17) is 10.4 Å². The fourth-order valence-electron chi connectivity index (χ4n) is 0.637. The van der Waals surface area contributed by atoms with Gasteiger partial charge in [-0.05, 0) is 6.07 Å². The van der Waals surface area contributed by atoms with Crippen LogP contribution in [-0.2, 0) is 6.73 Å². The van der Waals surface area contributed by atoms with Crippen LogP contribution in [0.3, 0.4) is 0 Å². The van der Waals surface area contributed by atoms with Crippen LogP contribution in [-0.4, -0.2) is 14.9 Å². The zero-order valence-corrected chi connectivity index (χ0v) is 5.56. The molecule has 0 fully saturated rings. The normalized spacial score (nSPS) is 9.09. The van der Waals surface area contributed by atoms with Crippen molar-refractivity contribution >= 4 is 0 Å². The Hall–Kier alpha value is -1.67. The van der Waals surface area contributed by atoms with E-state index in [2.05, 4.69) is 5.10 Å². The van der Waals surface area contributed by atoms with Gasteiger partial charge in [0.1, 0.15) is 18.4 Å². The summed E-state index contributed by atoms with van der Waals surface area (Å²) >= 11 is 0. The largest absolute Gasteiger partial charge is 0.374 e. The summed E-state index contributed by atoms with van der Waals surface area (Å²) in [5, 5.41) is 20.4. The fourth-order valence-corrected chi connectivity index (χ4v) is 0.637. The molecule has 1 rings (SSSR count). The molecule has 0 aromatic carbocycles. The first kappa shape index (κ1) is 7.44. The van der Waals surface area contributed by atoms with Crippen molar-refractivity contribution in [2.24, 2.45) is 0 Å². The number of hydrogen-bond donors (Lipinski definition) is 1. The first-order valence-electron chi connectivity index (χ1n) is 2.86. The number of rotatable bonds is 1. The third-order valence-corrected chi connectivity index (χ3v) is 1.17. The van der Waals surface area contributed by atoms with E-state index in [-0.39, 0.29) is 5.56 Å². The summed E-state index contributed by atoms with van der Waals surface area (Å²) in [6, 6.07) is 2.99. The van der Waals surface area contributed by atoms with E-state index in [1.54, 1.807) is 6.07 Å². The molecule has 0 radical (unpaired) electrons. The van der Waals surface area contributed by atoms with Crippen molar-refractivity contribution in [2.75, 3.05) is 0 Å². The molecule has 0 unspecified atom stereocenters. The average Bonchev–Trinajstić information content (AvgIpc) is 2.05. The minimum atomic E-state index is -0.572. The molecular weight excluding hydrogens is 146 g/mol. The lowest BCUT2D eigenvalue weighted by Crippen LogP contribution is -2.24. The second kappa shape index (κ2) is 2.94. The standard InChI is InChI=1S/C6H5N3O2/c7-3-5-1-2-8-9(4-10)6(5)11/h1-2,10H,4H2.